The number of benzene rings is 1. The van der Waals surface area contributed by atoms with Crippen LogP contribution >= 0.6 is 20.7 Å². The fraction of sp³-hybridized carbons (Fsp3) is 0.222. The topological polar surface area (TPSA) is 0 Å². The van der Waals surface area contributed by atoms with Gasteiger partial charge in [0.25, 0.3) is 0 Å². The van der Waals surface area contributed by atoms with Crippen LogP contribution in [0, 0.1) is 9.39 Å². The number of hydrogen-bond donors (Lipinski definition) is 0. The second-order valence-electron chi connectivity index (χ2n) is 2.58. The van der Waals surface area contributed by atoms with Crippen molar-refractivity contribution in [3.63, 3.8) is 0 Å². The van der Waals surface area contributed by atoms with Gasteiger partial charge < -0.3 is 0 Å². The molecule has 1 atom stereocenters. The van der Waals surface area contributed by atoms with Gasteiger partial charge in [0.05, 0.1) is 0 Å². The van der Waals surface area contributed by atoms with Crippen molar-refractivity contribution in [3.8, 4) is 0 Å². The molecule has 0 aromatic heterocycles. The Balaban J connectivity index is 2.39. The van der Waals surface area contributed by atoms with Gasteiger partial charge in [0.1, 0.15) is 0 Å². The van der Waals surface area contributed by atoms with E-state index in [1.54, 1.807) is 6.07 Å². The SMILES string of the molecule is C=Ic1cc(C2C[I-]2)ccc1F. The Hall–Kier alpha value is 0.480. The maximum absolute atomic E-state index is 13.1. The Bertz CT molecular complexity index is 318. The molecule has 0 nitrogen and oxygen atoms in total. The van der Waals surface area contributed by atoms with Gasteiger partial charge in [0.2, 0.25) is 0 Å². The molecule has 0 bridgehead atoms. The molecule has 12 heavy (non-hydrogen) atoms. The summed E-state index contributed by atoms with van der Waals surface area (Å²) in [5.74, 6) is -0.0552. The Morgan fingerprint density at radius 2 is 2.33 bits per heavy atom. The molecule has 66 valence electrons. The summed E-state index contributed by atoms with van der Waals surface area (Å²) in [6.07, 6.45) is 0. The molecule has 1 heterocycles. The summed E-state index contributed by atoms with van der Waals surface area (Å²) in [7, 11) is 0. The summed E-state index contributed by atoms with van der Waals surface area (Å²) in [5.41, 5.74) is 1.36. The summed E-state index contributed by atoms with van der Waals surface area (Å²) in [6.45, 7) is 0. The van der Waals surface area contributed by atoms with Gasteiger partial charge in [0, 0.05) is 0 Å². The Morgan fingerprint density at radius 1 is 1.58 bits per heavy atom. The van der Waals surface area contributed by atoms with Crippen molar-refractivity contribution in [1.29, 1.82) is 0 Å². The summed E-state index contributed by atoms with van der Waals surface area (Å²) >= 11 is 0.0971. The van der Waals surface area contributed by atoms with E-state index in [0.29, 0.717) is 21.2 Å². The van der Waals surface area contributed by atoms with E-state index in [4.69, 9.17) is 0 Å². The minimum absolute atomic E-state index is 0.0552. The van der Waals surface area contributed by atoms with Crippen molar-refractivity contribution in [3.05, 3.63) is 33.1 Å². The molecule has 0 aliphatic carbocycles. The summed E-state index contributed by atoms with van der Waals surface area (Å²) in [6, 6.07) is 5.58. The molecular weight excluding hydrogens is 381 g/mol. The van der Waals surface area contributed by atoms with Crippen LogP contribution in [0.1, 0.15) is 9.49 Å². The first-order valence-electron chi connectivity index (χ1n) is 3.57. The number of halogens is 3. The molecule has 1 aliphatic rings. The molecule has 0 N–H and O–H groups in total. The molecule has 1 aliphatic heterocycles. The van der Waals surface area contributed by atoms with Crippen molar-refractivity contribution in [1.82, 2.24) is 0 Å². The van der Waals surface area contributed by atoms with E-state index in [1.807, 2.05) is 12.1 Å². The quantitative estimate of drug-likeness (QED) is 0.475. The zero-order chi connectivity index (χ0) is 8.55. The van der Waals surface area contributed by atoms with Crippen LogP contribution in [0.2, 0.25) is 0 Å². The standard InChI is InChI=1S/C9H8FI2/c1-11-8-4-6(9-5-12-9)2-3-7(8)10/h2-4,9H,1,5H2/q-1. The van der Waals surface area contributed by atoms with Gasteiger partial charge >= 0.3 is 92.3 Å². The average molecular weight is 389 g/mol. The molecule has 0 spiro atoms. The third-order valence-electron chi connectivity index (χ3n) is 1.76. The monoisotopic (exact) mass is 389 g/mol. The van der Waals surface area contributed by atoms with Gasteiger partial charge in [-0.1, -0.05) is 0 Å². The Kier molecular flexibility index (Phi) is 2.78. The molecule has 0 amide bonds. The molecule has 1 unspecified atom stereocenters. The van der Waals surface area contributed by atoms with Crippen LogP contribution in [0.4, 0.5) is 4.39 Å². The summed E-state index contributed by atoms with van der Waals surface area (Å²) < 4.78 is 20.0. The molecule has 1 aromatic rings. The van der Waals surface area contributed by atoms with Gasteiger partial charge in [-0.2, -0.15) is 0 Å². The summed E-state index contributed by atoms with van der Waals surface area (Å²) in [5, 5.41) is 0. The molecular formula is C9H8FI2-. The molecule has 0 saturated carbocycles. The van der Waals surface area contributed by atoms with E-state index < -0.39 is 0 Å². The van der Waals surface area contributed by atoms with Crippen LogP contribution in [0.5, 0.6) is 0 Å². The van der Waals surface area contributed by atoms with Gasteiger partial charge in [0.15, 0.2) is 0 Å². The average Bonchev–Trinajstić information content (AvgIpc) is 2.88. The number of rotatable bonds is 2. The van der Waals surface area contributed by atoms with Crippen LogP contribution in [0.25, 0.3) is 0 Å². The van der Waals surface area contributed by atoms with Crippen molar-refractivity contribution >= 4 is 25.2 Å². The zero-order valence-corrected chi connectivity index (χ0v) is 10.7. The molecule has 1 saturated heterocycles. The second-order valence-corrected chi connectivity index (χ2v) is 7.77. The molecule has 1 aromatic carbocycles. The van der Waals surface area contributed by atoms with Crippen molar-refractivity contribution in [2.75, 3.05) is 4.43 Å². The number of hydrogen-bond acceptors (Lipinski definition) is 0. The first kappa shape index (κ1) is 9.05. The molecule has 1 fully saturated rings. The first-order valence-corrected chi connectivity index (χ1v) is 8.94. The van der Waals surface area contributed by atoms with Crippen LogP contribution in [-0.2, 0) is 0 Å². The van der Waals surface area contributed by atoms with E-state index in [0.717, 1.165) is 7.49 Å². The first-order chi connectivity index (χ1) is 5.81. The van der Waals surface area contributed by atoms with Crippen LogP contribution < -0.4 is 21.2 Å². The maximum atomic E-state index is 13.1. The fourth-order valence-corrected chi connectivity index (χ4v) is 3.81. The minimum atomic E-state index is -0.340. The predicted octanol–water partition coefficient (Wildman–Crippen LogP) is -0.458. The third kappa shape index (κ3) is 1.86. The van der Waals surface area contributed by atoms with E-state index in [1.165, 1.54) is 9.99 Å². The van der Waals surface area contributed by atoms with Gasteiger partial charge in [-0.25, -0.2) is 0 Å². The van der Waals surface area contributed by atoms with Crippen LogP contribution in [0.15, 0.2) is 18.2 Å². The normalized spacial score (nSPS) is 21.6. The van der Waals surface area contributed by atoms with E-state index in [9.17, 15) is 4.39 Å². The van der Waals surface area contributed by atoms with Crippen LogP contribution in [0.3, 0.4) is 0 Å². The molecule has 2 rings (SSSR count). The van der Waals surface area contributed by atoms with E-state index in [-0.39, 0.29) is 26.5 Å². The van der Waals surface area contributed by atoms with Gasteiger partial charge in [-0.15, -0.1) is 0 Å². The fourth-order valence-electron chi connectivity index (χ4n) is 1.03. The van der Waals surface area contributed by atoms with E-state index in [2.05, 4.69) is 4.51 Å². The van der Waals surface area contributed by atoms with Crippen LogP contribution in [-0.4, -0.2) is 8.94 Å². The van der Waals surface area contributed by atoms with Crippen molar-refractivity contribution in [2.45, 2.75) is 3.92 Å². The molecule has 3 heteroatoms. The second kappa shape index (κ2) is 3.69. The van der Waals surface area contributed by atoms with E-state index >= 15 is 0 Å². The predicted molar refractivity (Wildman–Crippen MR) is 53.8 cm³/mol. The third-order valence-corrected chi connectivity index (χ3v) is 5.89. The van der Waals surface area contributed by atoms with Crippen molar-refractivity contribution < 1.29 is 25.6 Å². The van der Waals surface area contributed by atoms with Crippen molar-refractivity contribution in [2.24, 2.45) is 0 Å². The van der Waals surface area contributed by atoms with Gasteiger partial charge in [-0.3, -0.25) is 0 Å². The Labute approximate surface area is 91.6 Å². The summed E-state index contributed by atoms with van der Waals surface area (Å²) in [4.78, 5) is 0. The van der Waals surface area contributed by atoms with Gasteiger partial charge in [-0.05, 0) is 0 Å². The Morgan fingerprint density at radius 3 is 2.92 bits per heavy atom. The molecule has 0 radical (unpaired) electrons. The zero-order valence-electron chi connectivity index (χ0n) is 6.36. The number of alkyl halides is 2.